The van der Waals surface area contributed by atoms with Gasteiger partial charge < -0.3 is 9.47 Å². The standard InChI is InChI=1S/C20H28O4/c1-12-7-5-9-13(2)17(21)18-15(14(3)19(22)23-18)11-16-20(4,24-16)10-6-8-12/h8,13,15-16,18H,3,5-7,9-11H2,1-2,4H3/b12-8+/t13?,15-,16+,18+,20+/m0/s1. The predicted octanol–water partition coefficient (Wildman–Crippen LogP) is 3.75. The molecular formula is C20H28O4. The van der Waals surface area contributed by atoms with Crippen LogP contribution in [0.4, 0.5) is 0 Å². The van der Waals surface area contributed by atoms with E-state index in [-0.39, 0.29) is 29.3 Å². The van der Waals surface area contributed by atoms with Gasteiger partial charge in [0, 0.05) is 17.4 Å². The highest BCUT2D eigenvalue weighted by Crippen LogP contribution is 2.47. The minimum atomic E-state index is -0.673. The Morgan fingerprint density at radius 2 is 2.08 bits per heavy atom. The highest BCUT2D eigenvalue weighted by molar-refractivity contribution is 5.98. The summed E-state index contributed by atoms with van der Waals surface area (Å²) in [5, 5.41) is 0. The van der Waals surface area contributed by atoms with Gasteiger partial charge in [-0.25, -0.2) is 4.79 Å². The summed E-state index contributed by atoms with van der Waals surface area (Å²) < 4.78 is 11.3. The quantitative estimate of drug-likeness (QED) is 0.293. The second kappa shape index (κ2) is 6.47. The Hall–Kier alpha value is -1.42. The molecule has 0 aromatic carbocycles. The zero-order valence-electron chi connectivity index (χ0n) is 15.0. The summed E-state index contributed by atoms with van der Waals surface area (Å²) in [6, 6.07) is 0. The molecule has 0 saturated carbocycles. The molecule has 5 atom stereocenters. The lowest BCUT2D eigenvalue weighted by atomic mass is 9.82. The molecule has 132 valence electrons. The molecule has 3 rings (SSSR count). The maximum absolute atomic E-state index is 12.8. The first-order chi connectivity index (χ1) is 11.3. The lowest BCUT2D eigenvalue weighted by molar-refractivity contribution is -0.148. The van der Waals surface area contributed by atoms with Crippen molar-refractivity contribution < 1.29 is 19.1 Å². The van der Waals surface area contributed by atoms with Gasteiger partial charge in [0.1, 0.15) is 0 Å². The van der Waals surface area contributed by atoms with Crippen LogP contribution in [0.15, 0.2) is 23.8 Å². The maximum atomic E-state index is 12.8. The van der Waals surface area contributed by atoms with E-state index in [9.17, 15) is 9.59 Å². The van der Waals surface area contributed by atoms with Crippen LogP contribution in [0.2, 0.25) is 0 Å². The van der Waals surface area contributed by atoms with Gasteiger partial charge in [-0.05, 0) is 52.4 Å². The number of hydrogen-bond acceptors (Lipinski definition) is 4. The van der Waals surface area contributed by atoms with Crippen molar-refractivity contribution in [2.24, 2.45) is 11.8 Å². The van der Waals surface area contributed by atoms with Crippen LogP contribution in [0.25, 0.3) is 0 Å². The smallest absolute Gasteiger partial charge is 0.334 e. The van der Waals surface area contributed by atoms with Crippen molar-refractivity contribution in [3.8, 4) is 0 Å². The molecule has 0 amide bonds. The summed E-state index contributed by atoms with van der Waals surface area (Å²) in [7, 11) is 0. The molecule has 2 aliphatic heterocycles. The molecule has 0 radical (unpaired) electrons. The third-order valence-electron chi connectivity index (χ3n) is 5.92. The van der Waals surface area contributed by atoms with Gasteiger partial charge in [-0.15, -0.1) is 0 Å². The Bertz CT molecular complexity index is 590. The molecular weight excluding hydrogens is 304 g/mol. The van der Waals surface area contributed by atoms with E-state index in [4.69, 9.17) is 9.47 Å². The summed E-state index contributed by atoms with van der Waals surface area (Å²) in [4.78, 5) is 24.8. The molecule has 0 bridgehead atoms. The molecule has 1 aliphatic carbocycles. The molecule has 24 heavy (non-hydrogen) atoms. The molecule has 3 aliphatic rings. The second-order valence-corrected chi connectivity index (χ2v) is 7.90. The van der Waals surface area contributed by atoms with Crippen molar-refractivity contribution in [2.75, 3.05) is 0 Å². The van der Waals surface area contributed by atoms with E-state index >= 15 is 0 Å². The minimum absolute atomic E-state index is 0.0352. The number of epoxide rings is 1. The van der Waals surface area contributed by atoms with Crippen molar-refractivity contribution in [2.45, 2.75) is 77.1 Å². The number of Topliss-reactive ketones (excluding diaryl/α,β-unsaturated/α-hetero) is 1. The van der Waals surface area contributed by atoms with E-state index in [0.29, 0.717) is 12.0 Å². The lowest BCUT2D eigenvalue weighted by Crippen LogP contribution is -2.33. The Kier molecular flexibility index (Phi) is 4.69. The number of carbonyl (C=O) groups is 2. The van der Waals surface area contributed by atoms with E-state index in [1.54, 1.807) is 0 Å². The number of esters is 1. The topological polar surface area (TPSA) is 55.9 Å². The molecule has 4 nitrogen and oxygen atoms in total. The highest BCUT2D eigenvalue weighted by atomic mass is 16.6. The average molecular weight is 332 g/mol. The zero-order chi connectivity index (χ0) is 17.5. The van der Waals surface area contributed by atoms with E-state index in [1.807, 2.05) is 6.92 Å². The van der Waals surface area contributed by atoms with Crippen LogP contribution in [-0.4, -0.2) is 29.6 Å². The third-order valence-corrected chi connectivity index (χ3v) is 5.92. The molecule has 2 fully saturated rings. The van der Waals surface area contributed by atoms with Gasteiger partial charge in [-0.1, -0.05) is 25.2 Å². The van der Waals surface area contributed by atoms with Crippen LogP contribution in [0.1, 0.15) is 59.3 Å². The van der Waals surface area contributed by atoms with Gasteiger partial charge in [-0.3, -0.25) is 4.79 Å². The van der Waals surface area contributed by atoms with Gasteiger partial charge in [0.15, 0.2) is 11.9 Å². The van der Waals surface area contributed by atoms with Crippen molar-refractivity contribution in [1.29, 1.82) is 0 Å². The second-order valence-electron chi connectivity index (χ2n) is 7.90. The molecule has 0 aromatic heterocycles. The first-order valence-electron chi connectivity index (χ1n) is 9.09. The van der Waals surface area contributed by atoms with Crippen LogP contribution in [0.5, 0.6) is 0 Å². The van der Waals surface area contributed by atoms with E-state index in [0.717, 1.165) is 32.1 Å². The predicted molar refractivity (Wildman–Crippen MR) is 91.4 cm³/mol. The van der Waals surface area contributed by atoms with Crippen LogP contribution in [-0.2, 0) is 19.1 Å². The van der Waals surface area contributed by atoms with E-state index in [1.165, 1.54) is 5.57 Å². The monoisotopic (exact) mass is 332 g/mol. The number of hydrogen-bond donors (Lipinski definition) is 0. The van der Waals surface area contributed by atoms with E-state index in [2.05, 4.69) is 26.5 Å². The normalized spacial score (nSPS) is 43.1. The van der Waals surface area contributed by atoms with Crippen molar-refractivity contribution in [3.05, 3.63) is 23.8 Å². The van der Waals surface area contributed by atoms with Gasteiger partial charge in [0.05, 0.1) is 11.7 Å². The van der Waals surface area contributed by atoms with Crippen LogP contribution in [0.3, 0.4) is 0 Å². The van der Waals surface area contributed by atoms with Crippen LogP contribution < -0.4 is 0 Å². The number of ketones is 1. The minimum Gasteiger partial charge on any atom is -0.450 e. The SMILES string of the molecule is C=C1C(=O)O[C@H]2C(=O)C(C)CCC/C(C)=C/CC[C@@]3(C)O[C@@H]3C[C@@H]12. The van der Waals surface area contributed by atoms with Crippen LogP contribution in [0, 0.1) is 11.8 Å². The largest absolute Gasteiger partial charge is 0.450 e. The van der Waals surface area contributed by atoms with E-state index < -0.39 is 12.1 Å². The lowest BCUT2D eigenvalue weighted by Gasteiger charge is -2.20. The molecule has 4 heteroatoms. The van der Waals surface area contributed by atoms with Gasteiger partial charge in [-0.2, -0.15) is 0 Å². The summed E-state index contributed by atoms with van der Waals surface area (Å²) in [5.41, 5.74) is 1.67. The zero-order valence-corrected chi connectivity index (χ0v) is 15.0. The molecule has 0 N–H and O–H groups in total. The molecule has 2 heterocycles. The number of fused-ring (bicyclic) bond motifs is 2. The average Bonchev–Trinajstić information content (AvgIpc) is 3.08. The maximum Gasteiger partial charge on any atom is 0.334 e. The first kappa shape index (κ1) is 17.4. The number of rotatable bonds is 0. The van der Waals surface area contributed by atoms with Gasteiger partial charge >= 0.3 is 5.97 Å². The number of carbonyl (C=O) groups excluding carboxylic acids is 2. The Morgan fingerprint density at radius 3 is 2.83 bits per heavy atom. The van der Waals surface area contributed by atoms with Crippen molar-refractivity contribution in [3.63, 3.8) is 0 Å². The summed E-state index contributed by atoms with van der Waals surface area (Å²) in [5.74, 6) is -0.722. The Morgan fingerprint density at radius 1 is 1.33 bits per heavy atom. The van der Waals surface area contributed by atoms with Gasteiger partial charge in [0.2, 0.25) is 0 Å². The summed E-state index contributed by atoms with van der Waals surface area (Å²) >= 11 is 0. The fraction of sp³-hybridized carbons (Fsp3) is 0.700. The van der Waals surface area contributed by atoms with Crippen molar-refractivity contribution in [1.82, 2.24) is 0 Å². The Labute approximate surface area is 144 Å². The fourth-order valence-electron chi connectivity index (χ4n) is 3.99. The fourth-order valence-corrected chi connectivity index (χ4v) is 3.99. The van der Waals surface area contributed by atoms with Crippen LogP contribution >= 0.6 is 0 Å². The molecule has 1 unspecified atom stereocenters. The molecule has 0 spiro atoms. The highest BCUT2D eigenvalue weighted by Gasteiger charge is 2.55. The third kappa shape index (κ3) is 3.34. The molecule has 2 saturated heterocycles. The molecule has 0 aromatic rings. The summed E-state index contributed by atoms with van der Waals surface area (Å²) in [6.07, 6.45) is 7.16. The number of ether oxygens (including phenoxy) is 2. The Balaban J connectivity index is 1.81. The van der Waals surface area contributed by atoms with Crippen molar-refractivity contribution >= 4 is 11.8 Å². The summed E-state index contributed by atoms with van der Waals surface area (Å²) in [6.45, 7) is 10.1. The first-order valence-corrected chi connectivity index (χ1v) is 9.09. The number of allylic oxidation sites excluding steroid dienone is 2. The van der Waals surface area contributed by atoms with Gasteiger partial charge in [0.25, 0.3) is 0 Å².